The number of allylic oxidation sites excluding steroid dienone is 4. The summed E-state index contributed by atoms with van der Waals surface area (Å²) in [5.41, 5.74) is 0.840. The molecule has 0 aromatic carbocycles. The molecule has 0 rings (SSSR count). The van der Waals surface area contributed by atoms with Crippen LogP contribution in [0.5, 0.6) is 0 Å². The van der Waals surface area contributed by atoms with Gasteiger partial charge in [-0.2, -0.15) is 0 Å². The van der Waals surface area contributed by atoms with Gasteiger partial charge in [-0.15, -0.1) is 0 Å². The zero-order chi connectivity index (χ0) is 13.5. The lowest BCUT2D eigenvalue weighted by Crippen LogP contribution is -2.27. The van der Waals surface area contributed by atoms with E-state index in [0.29, 0.717) is 0 Å². The van der Waals surface area contributed by atoms with Gasteiger partial charge in [-0.3, -0.25) is 4.79 Å². The molecule has 0 radical (unpaired) electrons. The largest absolute Gasteiger partial charge is 0.505 e. The number of carbonyl (C=O) groups excluding carboxylic acids is 1. The molecule has 0 saturated carbocycles. The smallest absolute Gasteiger partial charge is 0.137 e. The highest BCUT2D eigenvalue weighted by Crippen LogP contribution is 2.33. The Hall–Kier alpha value is -1.31. The van der Waals surface area contributed by atoms with Crippen LogP contribution in [0.3, 0.4) is 0 Å². The van der Waals surface area contributed by atoms with E-state index < -0.39 is 0 Å². The first-order chi connectivity index (χ1) is 7.81. The molecular formula is C15H24O2. The molecule has 2 nitrogen and oxygen atoms in total. The molecule has 0 aliphatic rings. The van der Waals surface area contributed by atoms with Gasteiger partial charge in [-0.1, -0.05) is 38.2 Å². The molecule has 2 heteroatoms. The van der Waals surface area contributed by atoms with Crippen molar-refractivity contribution in [1.82, 2.24) is 0 Å². The second kappa shape index (κ2) is 7.10. The third-order valence-corrected chi connectivity index (χ3v) is 2.73. The standard InChI is InChI=1S/C15H24O2/c1-12(2)8-9-14(13(3)16)15(4,5)10-7-11-17-6/h7-9,11,14H,1,10H2,2-6H3/b9-8+,11-7+. The minimum absolute atomic E-state index is 0.0966. The van der Waals surface area contributed by atoms with Gasteiger partial charge in [-0.25, -0.2) is 0 Å². The van der Waals surface area contributed by atoms with E-state index >= 15 is 0 Å². The number of ether oxygens (including phenoxy) is 1. The Balaban J connectivity index is 4.84. The summed E-state index contributed by atoms with van der Waals surface area (Å²) in [6.07, 6.45) is 8.26. The van der Waals surface area contributed by atoms with Gasteiger partial charge in [0.05, 0.1) is 13.4 Å². The predicted octanol–water partition coefficient (Wildman–Crippen LogP) is 3.90. The van der Waals surface area contributed by atoms with Crippen LogP contribution in [0.25, 0.3) is 0 Å². The SMILES string of the molecule is C=C(C)/C=C/C(C(C)=O)C(C)(C)C/C=C/OC. The van der Waals surface area contributed by atoms with Crippen molar-refractivity contribution >= 4 is 5.78 Å². The average Bonchev–Trinajstić information content (AvgIpc) is 2.16. The number of Topliss-reactive ketones (excluding diaryl/α,β-unsaturated/α-hetero) is 1. The Morgan fingerprint density at radius 1 is 1.41 bits per heavy atom. The highest BCUT2D eigenvalue weighted by atomic mass is 16.5. The van der Waals surface area contributed by atoms with Crippen LogP contribution in [0, 0.1) is 11.3 Å². The molecule has 0 aliphatic heterocycles. The fourth-order valence-corrected chi connectivity index (χ4v) is 1.78. The van der Waals surface area contributed by atoms with Crippen molar-refractivity contribution in [3.63, 3.8) is 0 Å². The number of methoxy groups -OCH3 is 1. The molecular weight excluding hydrogens is 212 g/mol. The maximum absolute atomic E-state index is 11.7. The maximum atomic E-state index is 11.7. The molecule has 0 aromatic rings. The van der Waals surface area contributed by atoms with Crippen LogP contribution in [-0.4, -0.2) is 12.9 Å². The van der Waals surface area contributed by atoms with Crippen LogP contribution in [0.15, 0.2) is 36.6 Å². The van der Waals surface area contributed by atoms with E-state index in [2.05, 4.69) is 20.4 Å². The molecule has 0 aromatic heterocycles. The highest BCUT2D eigenvalue weighted by molar-refractivity contribution is 5.81. The van der Waals surface area contributed by atoms with Gasteiger partial charge in [0.2, 0.25) is 0 Å². The summed E-state index contributed by atoms with van der Waals surface area (Å²) in [7, 11) is 1.62. The second-order valence-corrected chi connectivity index (χ2v) is 5.09. The molecule has 1 unspecified atom stereocenters. The van der Waals surface area contributed by atoms with E-state index in [9.17, 15) is 4.79 Å². The lowest BCUT2D eigenvalue weighted by molar-refractivity contribution is -0.122. The van der Waals surface area contributed by atoms with Crippen LogP contribution >= 0.6 is 0 Å². The van der Waals surface area contributed by atoms with Crippen molar-refractivity contribution in [3.05, 3.63) is 36.6 Å². The highest BCUT2D eigenvalue weighted by Gasteiger charge is 2.29. The van der Waals surface area contributed by atoms with Gasteiger partial charge in [0.15, 0.2) is 0 Å². The first kappa shape index (κ1) is 15.7. The number of hydrogen-bond donors (Lipinski definition) is 0. The molecule has 17 heavy (non-hydrogen) atoms. The van der Waals surface area contributed by atoms with E-state index in [4.69, 9.17) is 4.74 Å². The monoisotopic (exact) mass is 236 g/mol. The third-order valence-electron chi connectivity index (χ3n) is 2.73. The van der Waals surface area contributed by atoms with Crippen molar-refractivity contribution < 1.29 is 9.53 Å². The fourth-order valence-electron chi connectivity index (χ4n) is 1.78. The van der Waals surface area contributed by atoms with Crippen LogP contribution in [0.1, 0.15) is 34.1 Å². The Labute approximate surface area is 105 Å². The van der Waals surface area contributed by atoms with Gasteiger partial charge < -0.3 is 4.74 Å². The maximum Gasteiger partial charge on any atom is 0.137 e. The summed E-state index contributed by atoms with van der Waals surface area (Å²) in [4.78, 5) is 11.7. The van der Waals surface area contributed by atoms with Crippen molar-refractivity contribution in [2.24, 2.45) is 11.3 Å². The van der Waals surface area contributed by atoms with Crippen LogP contribution in [0.4, 0.5) is 0 Å². The number of ketones is 1. The van der Waals surface area contributed by atoms with E-state index in [0.717, 1.165) is 12.0 Å². The van der Waals surface area contributed by atoms with E-state index in [1.54, 1.807) is 20.3 Å². The van der Waals surface area contributed by atoms with Gasteiger partial charge >= 0.3 is 0 Å². The van der Waals surface area contributed by atoms with E-state index in [1.807, 2.05) is 25.2 Å². The van der Waals surface area contributed by atoms with Crippen LogP contribution < -0.4 is 0 Å². The minimum atomic E-state index is -0.118. The Bertz CT molecular complexity index is 322. The average molecular weight is 236 g/mol. The van der Waals surface area contributed by atoms with Crippen molar-refractivity contribution in [3.8, 4) is 0 Å². The van der Waals surface area contributed by atoms with Crippen molar-refractivity contribution in [2.75, 3.05) is 7.11 Å². The third kappa shape index (κ3) is 6.10. The first-order valence-corrected chi connectivity index (χ1v) is 5.83. The zero-order valence-corrected chi connectivity index (χ0v) is 11.6. The van der Waals surface area contributed by atoms with Crippen LogP contribution in [0.2, 0.25) is 0 Å². The zero-order valence-electron chi connectivity index (χ0n) is 11.6. The Kier molecular flexibility index (Phi) is 6.55. The molecule has 1 atom stereocenters. The molecule has 0 saturated heterocycles. The number of hydrogen-bond acceptors (Lipinski definition) is 2. The summed E-state index contributed by atoms with van der Waals surface area (Å²) in [6.45, 7) is 11.5. The van der Waals surface area contributed by atoms with Crippen molar-refractivity contribution in [1.29, 1.82) is 0 Å². The van der Waals surface area contributed by atoms with E-state index in [-0.39, 0.29) is 17.1 Å². The quantitative estimate of drug-likeness (QED) is 0.495. The Morgan fingerprint density at radius 3 is 2.41 bits per heavy atom. The molecule has 0 fully saturated rings. The molecule has 0 aliphatic carbocycles. The van der Waals surface area contributed by atoms with Crippen LogP contribution in [-0.2, 0) is 9.53 Å². The minimum Gasteiger partial charge on any atom is -0.505 e. The fraction of sp³-hybridized carbons (Fsp3) is 0.533. The molecule has 0 amide bonds. The van der Waals surface area contributed by atoms with E-state index in [1.165, 1.54) is 0 Å². The molecule has 96 valence electrons. The molecule has 0 N–H and O–H groups in total. The summed E-state index contributed by atoms with van der Waals surface area (Å²) in [6, 6.07) is 0. The summed E-state index contributed by atoms with van der Waals surface area (Å²) in [5.74, 6) is 0.0824. The normalized spacial score (nSPS) is 14.2. The second-order valence-electron chi connectivity index (χ2n) is 5.09. The molecule has 0 heterocycles. The van der Waals surface area contributed by atoms with Gasteiger partial charge in [0, 0.05) is 5.92 Å². The van der Waals surface area contributed by atoms with Crippen molar-refractivity contribution in [2.45, 2.75) is 34.1 Å². The van der Waals surface area contributed by atoms with Gasteiger partial charge in [0.1, 0.15) is 5.78 Å². The topological polar surface area (TPSA) is 26.3 Å². The van der Waals surface area contributed by atoms with Gasteiger partial charge in [-0.05, 0) is 31.8 Å². The lowest BCUT2D eigenvalue weighted by atomic mass is 9.74. The summed E-state index contributed by atoms with van der Waals surface area (Å²) < 4.78 is 4.88. The molecule has 0 bridgehead atoms. The number of rotatable bonds is 7. The summed E-state index contributed by atoms with van der Waals surface area (Å²) in [5, 5.41) is 0. The Morgan fingerprint density at radius 2 is 2.00 bits per heavy atom. The lowest BCUT2D eigenvalue weighted by Gasteiger charge is -2.29. The molecule has 0 spiro atoms. The first-order valence-electron chi connectivity index (χ1n) is 5.83. The van der Waals surface area contributed by atoms with Gasteiger partial charge in [0.25, 0.3) is 0 Å². The number of carbonyl (C=O) groups is 1. The predicted molar refractivity (Wildman–Crippen MR) is 72.7 cm³/mol. The summed E-state index contributed by atoms with van der Waals surface area (Å²) >= 11 is 0.